The van der Waals surface area contributed by atoms with Gasteiger partial charge in [0, 0.05) is 5.56 Å². The van der Waals surface area contributed by atoms with E-state index >= 15 is 0 Å². The Morgan fingerprint density at radius 1 is 1.62 bits per heavy atom. The zero-order chi connectivity index (χ0) is 9.84. The van der Waals surface area contributed by atoms with Gasteiger partial charge >= 0.3 is 7.69 Å². The van der Waals surface area contributed by atoms with Crippen LogP contribution in [-0.4, -0.2) is 17.6 Å². The molecule has 13 heavy (non-hydrogen) atoms. The lowest BCUT2D eigenvalue weighted by atomic mass is 10.2. The second-order valence-corrected chi connectivity index (χ2v) is 2.43. The quantitative estimate of drug-likeness (QED) is 0.424. The largest absolute Gasteiger partial charge is 0.569 e. The second-order valence-electron chi connectivity index (χ2n) is 2.43. The highest BCUT2D eigenvalue weighted by molar-refractivity contribution is 6.17. The molecular formula is C7H7BNO4. The van der Waals surface area contributed by atoms with E-state index in [1.165, 1.54) is 12.1 Å². The van der Waals surface area contributed by atoms with Crippen LogP contribution in [0.3, 0.4) is 0 Å². The third-order valence-corrected chi connectivity index (χ3v) is 1.57. The first-order valence-electron chi connectivity index (χ1n) is 3.52. The number of aryl methyl sites for hydroxylation is 1. The molecule has 1 N–H and O–H groups in total. The summed E-state index contributed by atoms with van der Waals surface area (Å²) in [6.45, 7) is 1.63. The van der Waals surface area contributed by atoms with Gasteiger partial charge in [-0.1, -0.05) is 0 Å². The van der Waals surface area contributed by atoms with E-state index in [-0.39, 0.29) is 11.4 Å². The molecule has 0 bridgehead atoms. The average Bonchev–Trinajstić information content (AvgIpc) is 2.08. The third-order valence-electron chi connectivity index (χ3n) is 1.57. The molecule has 0 saturated heterocycles. The summed E-state index contributed by atoms with van der Waals surface area (Å²) < 4.78 is 4.58. The van der Waals surface area contributed by atoms with Crippen molar-refractivity contribution in [2.75, 3.05) is 0 Å². The van der Waals surface area contributed by atoms with Gasteiger partial charge in [-0.05, 0) is 19.1 Å². The highest BCUT2D eigenvalue weighted by atomic mass is 16.6. The summed E-state index contributed by atoms with van der Waals surface area (Å²) in [5.41, 5.74) is 0.523. The summed E-state index contributed by atoms with van der Waals surface area (Å²) in [5, 5.41) is 18.8. The summed E-state index contributed by atoms with van der Waals surface area (Å²) in [4.78, 5) is 9.96. The maximum atomic E-state index is 10.5. The molecule has 0 aromatic heterocycles. The van der Waals surface area contributed by atoms with E-state index < -0.39 is 4.92 Å². The Bertz CT molecular complexity index is 328. The molecule has 0 fully saturated rings. The maximum Gasteiger partial charge on any atom is 0.569 e. The van der Waals surface area contributed by atoms with Crippen molar-refractivity contribution in [2.45, 2.75) is 6.92 Å². The Morgan fingerprint density at radius 2 is 2.31 bits per heavy atom. The maximum absolute atomic E-state index is 10.5. The van der Waals surface area contributed by atoms with Gasteiger partial charge in [0.15, 0.2) is 0 Å². The molecule has 0 amide bonds. The van der Waals surface area contributed by atoms with Crippen LogP contribution in [0, 0.1) is 17.0 Å². The fourth-order valence-electron chi connectivity index (χ4n) is 0.920. The molecule has 0 aliphatic rings. The fraction of sp³-hybridized carbons (Fsp3) is 0.143. The molecule has 0 unspecified atom stereocenters. The molecule has 6 heteroatoms. The van der Waals surface area contributed by atoms with Gasteiger partial charge in [-0.3, -0.25) is 10.1 Å². The van der Waals surface area contributed by atoms with Gasteiger partial charge in [-0.25, -0.2) is 0 Å². The zero-order valence-electron chi connectivity index (χ0n) is 6.93. The molecule has 1 radical (unpaired) electrons. The van der Waals surface area contributed by atoms with Crippen LogP contribution in [-0.2, 0) is 0 Å². The minimum atomic E-state index is -0.500. The van der Waals surface area contributed by atoms with Gasteiger partial charge < -0.3 is 9.68 Å². The summed E-state index contributed by atoms with van der Waals surface area (Å²) in [6.07, 6.45) is 0. The van der Waals surface area contributed by atoms with Crippen molar-refractivity contribution in [3.8, 4) is 5.75 Å². The fourth-order valence-corrected chi connectivity index (χ4v) is 0.920. The van der Waals surface area contributed by atoms with E-state index in [0.29, 0.717) is 13.2 Å². The van der Waals surface area contributed by atoms with Crippen LogP contribution in [0.4, 0.5) is 5.69 Å². The Morgan fingerprint density at radius 3 is 2.85 bits per heavy atom. The lowest BCUT2D eigenvalue weighted by Gasteiger charge is -2.02. The van der Waals surface area contributed by atoms with Gasteiger partial charge in [0.2, 0.25) is 0 Å². The van der Waals surface area contributed by atoms with Crippen LogP contribution < -0.4 is 4.65 Å². The zero-order valence-corrected chi connectivity index (χ0v) is 6.93. The Kier molecular flexibility index (Phi) is 2.86. The predicted octanol–water partition coefficient (Wildman–Crippen LogP) is 0.809. The molecule has 0 aliphatic heterocycles. The van der Waals surface area contributed by atoms with Crippen molar-refractivity contribution in [1.29, 1.82) is 0 Å². The molecule has 0 saturated carbocycles. The average molecular weight is 180 g/mol. The number of hydrogen-bond acceptors (Lipinski definition) is 4. The van der Waals surface area contributed by atoms with Crippen LogP contribution in [0.1, 0.15) is 5.56 Å². The van der Waals surface area contributed by atoms with Crippen molar-refractivity contribution in [1.82, 2.24) is 0 Å². The monoisotopic (exact) mass is 180 g/mol. The first kappa shape index (κ1) is 9.53. The van der Waals surface area contributed by atoms with Gasteiger partial charge in [0.25, 0.3) is 5.69 Å². The topological polar surface area (TPSA) is 72.6 Å². The van der Waals surface area contributed by atoms with Gasteiger partial charge in [-0.15, -0.1) is 0 Å². The Hall–Kier alpha value is -1.56. The lowest BCUT2D eigenvalue weighted by Crippen LogP contribution is -2.00. The molecule has 1 rings (SSSR count). The van der Waals surface area contributed by atoms with E-state index in [2.05, 4.69) is 4.65 Å². The number of nitro groups is 1. The number of hydrogen-bond donors (Lipinski definition) is 1. The lowest BCUT2D eigenvalue weighted by molar-refractivity contribution is -0.385. The van der Waals surface area contributed by atoms with E-state index in [0.717, 1.165) is 0 Å². The van der Waals surface area contributed by atoms with Crippen LogP contribution in [0.15, 0.2) is 18.2 Å². The number of nitro benzene ring substituents is 1. The van der Waals surface area contributed by atoms with E-state index in [1.807, 2.05) is 0 Å². The van der Waals surface area contributed by atoms with Crippen molar-refractivity contribution >= 4 is 13.4 Å². The number of rotatable bonds is 3. The van der Waals surface area contributed by atoms with E-state index in [4.69, 9.17) is 5.02 Å². The highest BCUT2D eigenvalue weighted by Gasteiger charge is 2.11. The second kappa shape index (κ2) is 3.91. The first-order chi connectivity index (χ1) is 6.15. The molecule has 0 atom stereocenters. The van der Waals surface area contributed by atoms with E-state index in [1.54, 1.807) is 13.0 Å². The molecule has 67 valence electrons. The summed E-state index contributed by atoms with van der Waals surface area (Å²) in [5.74, 6) is 0.236. The van der Waals surface area contributed by atoms with Crippen molar-refractivity contribution in [3.63, 3.8) is 0 Å². The number of nitrogens with zero attached hydrogens (tertiary/aromatic N) is 1. The molecule has 1 aromatic carbocycles. The van der Waals surface area contributed by atoms with Crippen LogP contribution in [0.25, 0.3) is 0 Å². The van der Waals surface area contributed by atoms with Gasteiger partial charge in [0.05, 0.1) is 11.0 Å². The van der Waals surface area contributed by atoms with Crippen LogP contribution in [0.2, 0.25) is 0 Å². The smallest absolute Gasteiger partial charge is 0.537 e. The minimum Gasteiger partial charge on any atom is -0.537 e. The standard InChI is InChI=1S/C7H7BNO4/c1-5-2-3-6(13-8-10)4-7(5)9(11)12/h2-4,10H,1H3. The molecule has 0 spiro atoms. The SMILES string of the molecule is Cc1ccc(O[B]O)cc1[N+](=O)[O-]. The molecule has 0 heterocycles. The predicted molar refractivity (Wildman–Crippen MR) is 46.4 cm³/mol. The highest BCUT2D eigenvalue weighted by Crippen LogP contribution is 2.23. The molecule has 1 aromatic rings. The minimum absolute atomic E-state index is 0.0284. The summed E-state index contributed by atoms with van der Waals surface area (Å²) in [7, 11) is 0.481. The van der Waals surface area contributed by atoms with Crippen LogP contribution in [0.5, 0.6) is 5.75 Å². The normalized spacial score (nSPS) is 9.38. The third kappa shape index (κ3) is 2.19. The van der Waals surface area contributed by atoms with Crippen LogP contribution >= 0.6 is 0 Å². The molecular weight excluding hydrogens is 173 g/mol. The molecule has 5 nitrogen and oxygen atoms in total. The van der Waals surface area contributed by atoms with Crippen molar-refractivity contribution < 1.29 is 14.6 Å². The van der Waals surface area contributed by atoms with E-state index in [9.17, 15) is 10.1 Å². The van der Waals surface area contributed by atoms with Crippen molar-refractivity contribution in [3.05, 3.63) is 33.9 Å². The number of benzene rings is 1. The summed E-state index contributed by atoms with van der Waals surface area (Å²) >= 11 is 0. The van der Waals surface area contributed by atoms with Gasteiger partial charge in [0.1, 0.15) is 5.75 Å². The summed E-state index contributed by atoms with van der Waals surface area (Å²) in [6, 6.07) is 4.34. The Labute approximate surface area is 75.4 Å². The van der Waals surface area contributed by atoms with Gasteiger partial charge in [-0.2, -0.15) is 0 Å². The molecule has 0 aliphatic carbocycles. The first-order valence-corrected chi connectivity index (χ1v) is 3.52. The van der Waals surface area contributed by atoms with Crippen molar-refractivity contribution in [2.24, 2.45) is 0 Å². The Balaban J connectivity index is 3.04.